The van der Waals surface area contributed by atoms with Gasteiger partial charge in [0.2, 0.25) is 5.91 Å². The van der Waals surface area contributed by atoms with Crippen molar-refractivity contribution in [2.24, 2.45) is 0 Å². The number of benzene rings is 1. The molecular weight excluding hydrogens is 235 g/mol. The molecule has 1 aliphatic rings. The first kappa shape index (κ1) is 13.0. The second-order valence-electron chi connectivity index (χ2n) is 4.42. The van der Waals surface area contributed by atoms with Crippen molar-refractivity contribution in [1.29, 1.82) is 0 Å². The van der Waals surface area contributed by atoms with Gasteiger partial charge in [-0.25, -0.2) is 4.39 Å². The van der Waals surface area contributed by atoms with Crippen molar-refractivity contribution in [3.05, 3.63) is 30.1 Å². The van der Waals surface area contributed by atoms with Crippen LogP contribution in [0.1, 0.15) is 6.42 Å². The Kier molecular flexibility index (Phi) is 4.66. The normalized spacial score (nSPS) is 16.5. The number of hydrogen-bond acceptors (Lipinski definition) is 2. The fraction of sp³-hybridized carbons (Fsp3) is 0.462. The van der Waals surface area contributed by atoms with E-state index in [1.807, 2.05) is 0 Å². The van der Waals surface area contributed by atoms with Crippen molar-refractivity contribution in [2.45, 2.75) is 6.42 Å². The van der Waals surface area contributed by atoms with Gasteiger partial charge in [-0.3, -0.25) is 4.79 Å². The quantitative estimate of drug-likeness (QED) is 0.797. The van der Waals surface area contributed by atoms with Gasteiger partial charge < -0.3 is 15.0 Å². The lowest BCUT2D eigenvalue weighted by molar-refractivity contribution is -0.907. The largest absolute Gasteiger partial charge is 0.370 e. The Bertz CT molecular complexity index is 388. The number of amides is 1. The first-order valence-electron chi connectivity index (χ1n) is 6.21. The Morgan fingerprint density at radius 1 is 1.28 bits per heavy atom. The van der Waals surface area contributed by atoms with Crippen LogP contribution in [0.5, 0.6) is 0 Å². The highest BCUT2D eigenvalue weighted by atomic mass is 19.1. The molecule has 2 rings (SSSR count). The van der Waals surface area contributed by atoms with Gasteiger partial charge in [-0.1, -0.05) is 0 Å². The third kappa shape index (κ3) is 4.09. The smallest absolute Gasteiger partial charge is 0.230 e. The zero-order chi connectivity index (χ0) is 12.8. The molecule has 1 aliphatic heterocycles. The minimum absolute atomic E-state index is 0.0272. The Hall–Kier alpha value is -1.46. The topological polar surface area (TPSA) is 42.8 Å². The van der Waals surface area contributed by atoms with E-state index in [4.69, 9.17) is 4.74 Å². The molecule has 2 N–H and O–H groups in total. The van der Waals surface area contributed by atoms with Gasteiger partial charge in [0.15, 0.2) is 0 Å². The number of carbonyl (C=O) groups excluding carboxylic acids is 1. The fourth-order valence-electron chi connectivity index (χ4n) is 1.96. The summed E-state index contributed by atoms with van der Waals surface area (Å²) < 4.78 is 17.9. The van der Waals surface area contributed by atoms with Crippen molar-refractivity contribution in [3.8, 4) is 0 Å². The Balaban J connectivity index is 1.73. The van der Waals surface area contributed by atoms with Crippen LogP contribution >= 0.6 is 0 Å². The summed E-state index contributed by atoms with van der Waals surface area (Å²) in [4.78, 5) is 13.1. The lowest BCUT2D eigenvalue weighted by atomic mass is 10.3. The molecule has 1 saturated heterocycles. The van der Waals surface area contributed by atoms with Gasteiger partial charge in [0, 0.05) is 5.69 Å². The van der Waals surface area contributed by atoms with Gasteiger partial charge in [0.25, 0.3) is 0 Å². The summed E-state index contributed by atoms with van der Waals surface area (Å²) in [6.45, 7) is 4.29. The summed E-state index contributed by atoms with van der Waals surface area (Å²) in [5.74, 6) is -0.327. The molecule has 18 heavy (non-hydrogen) atoms. The predicted octanol–water partition coefficient (Wildman–Crippen LogP) is 0.0694. The van der Waals surface area contributed by atoms with E-state index in [0.29, 0.717) is 12.1 Å². The molecule has 1 heterocycles. The first-order valence-corrected chi connectivity index (χ1v) is 6.21. The highest BCUT2D eigenvalue weighted by molar-refractivity contribution is 5.90. The van der Waals surface area contributed by atoms with Crippen molar-refractivity contribution >= 4 is 11.6 Å². The number of anilines is 1. The molecule has 0 unspecified atom stereocenters. The van der Waals surface area contributed by atoms with E-state index in [1.54, 1.807) is 12.1 Å². The Morgan fingerprint density at radius 2 is 1.94 bits per heavy atom. The van der Waals surface area contributed by atoms with Crippen LogP contribution in [-0.2, 0) is 9.53 Å². The van der Waals surface area contributed by atoms with E-state index in [2.05, 4.69) is 5.32 Å². The predicted molar refractivity (Wildman–Crippen MR) is 66.0 cm³/mol. The van der Waals surface area contributed by atoms with E-state index in [-0.39, 0.29) is 11.7 Å². The zero-order valence-electron chi connectivity index (χ0n) is 10.2. The van der Waals surface area contributed by atoms with Crippen LogP contribution in [0.4, 0.5) is 10.1 Å². The van der Waals surface area contributed by atoms with Crippen LogP contribution in [0.2, 0.25) is 0 Å². The summed E-state index contributed by atoms with van der Waals surface area (Å²) in [5.41, 5.74) is 0.637. The average molecular weight is 253 g/mol. The first-order chi connectivity index (χ1) is 8.74. The molecule has 1 amide bonds. The Morgan fingerprint density at radius 3 is 2.61 bits per heavy atom. The number of quaternary nitrogens is 1. The monoisotopic (exact) mass is 253 g/mol. The average Bonchev–Trinajstić information content (AvgIpc) is 2.40. The van der Waals surface area contributed by atoms with Crippen LogP contribution in [0.25, 0.3) is 0 Å². The standard InChI is InChI=1S/C13H17FN2O2/c14-11-1-3-12(4-2-11)15-13(17)5-6-16-7-9-18-10-8-16/h1-4H,5-10H2,(H,15,17)/p+1. The van der Waals surface area contributed by atoms with Crippen LogP contribution in [0.3, 0.4) is 0 Å². The number of rotatable bonds is 4. The lowest BCUT2D eigenvalue weighted by Gasteiger charge is -2.23. The summed E-state index contributed by atoms with van der Waals surface area (Å²) in [6.07, 6.45) is 0.479. The summed E-state index contributed by atoms with van der Waals surface area (Å²) in [5, 5.41) is 2.76. The van der Waals surface area contributed by atoms with Crippen LogP contribution in [0, 0.1) is 5.82 Å². The minimum atomic E-state index is -0.300. The van der Waals surface area contributed by atoms with Gasteiger partial charge in [-0.05, 0) is 24.3 Å². The molecule has 1 fully saturated rings. The van der Waals surface area contributed by atoms with Crippen molar-refractivity contribution in [3.63, 3.8) is 0 Å². The van der Waals surface area contributed by atoms with Crippen LogP contribution < -0.4 is 10.2 Å². The van der Waals surface area contributed by atoms with Crippen molar-refractivity contribution in [2.75, 3.05) is 38.2 Å². The maximum Gasteiger partial charge on any atom is 0.230 e. The molecule has 5 heteroatoms. The summed E-state index contributed by atoms with van der Waals surface area (Å²) in [6, 6.07) is 5.80. The molecular formula is C13H18FN2O2+. The fourth-order valence-corrected chi connectivity index (χ4v) is 1.96. The summed E-state index contributed by atoms with van der Waals surface area (Å²) in [7, 11) is 0. The molecule has 98 valence electrons. The van der Waals surface area contributed by atoms with Crippen LogP contribution in [0.15, 0.2) is 24.3 Å². The molecule has 0 radical (unpaired) electrons. The van der Waals surface area contributed by atoms with Crippen molar-refractivity contribution in [1.82, 2.24) is 0 Å². The number of halogens is 1. The third-order valence-corrected chi connectivity index (χ3v) is 3.03. The number of ether oxygens (including phenoxy) is 1. The summed E-state index contributed by atoms with van der Waals surface area (Å²) >= 11 is 0. The van der Waals surface area contributed by atoms with Gasteiger partial charge in [0.05, 0.1) is 26.2 Å². The Labute approximate surface area is 106 Å². The second-order valence-corrected chi connectivity index (χ2v) is 4.42. The van der Waals surface area contributed by atoms with Gasteiger partial charge in [-0.15, -0.1) is 0 Å². The van der Waals surface area contributed by atoms with E-state index in [1.165, 1.54) is 17.0 Å². The molecule has 0 aliphatic carbocycles. The molecule has 1 aromatic rings. The van der Waals surface area contributed by atoms with Crippen LogP contribution in [-0.4, -0.2) is 38.8 Å². The highest BCUT2D eigenvalue weighted by Crippen LogP contribution is 2.08. The van der Waals surface area contributed by atoms with Crippen molar-refractivity contribution < 1.29 is 18.8 Å². The maximum absolute atomic E-state index is 12.7. The molecule has 0 saturated carbocycles. The third-order valence-electron chi connectivity index (χ3n) is 3.03. The second kappa shape index (κ2) is 6.47. The molecule has 0 atom stereocenters. The van der Waals surface area contributed by atoms with E-state index < -0.39 is 0 Å². The molecule has 4 nitrogen and oxygen atoms in total. The van der Waals surface area contributed by atoms with E-state index in [0.717, 1.165) is 32.8 Å². The molecule has 0 spiro atoms. The van der Waals surface area contributed by atoms with Gasteiger partial charge >= 0.3 is 0 Å². The molecule has 0 aromatic heterocycles. The van der Waals surface area contributed by atoms with E-state index >= 15 is 0 Å². The van der Waals surface area contributed by atoms with E-state index in [9.17, 15) is 9.18 Å². The highest BCUT2D eigenvalue weighted by Gasteiger charge is 2.15. The van der Waals surface area contributed by atoms with Gasteiger partial charge in [0.1, 0.15) is 18.9 Å². The molecule has 1 aromatic carbocycles. The molecule has 0 bridgehead atoms. The maximum atomic E-state index is 12.7. The lowest BCUT2D eigenvalue weighted by Crippen LogP contribution is -3.14. The zero-order valence-corrected chi connectivity index (χ0v) is 10.2. The number of morpholine rings is 1. The van der Waals surface area contributed by atoms with Gasteiger partial charge in [-0.2, -0.15) is 0 Å². The minimum Gasteiger partial charge on any atom is -0.370 e. The number of nitrogens with one attached hydrogen (secondary N) is 2. The number of carbonyl (C=O) groups is 1. The number of hydrogen-bond donors (Lipinski definition) is 2. The SMILES string of the molecule is O=C(CC[NH+]1CCOCC1)Nc1ccc(F)cc1.